The molecule has 5 aliphatic rings. The van der Waals surface area contributed by atoms with E-state index in [4.69, 9.17) is 18.9 Å². The van der Waals surface area contributed by atoms with Crippen LogP contribution in [-0.2, 0) is 18.9 Å². The molecule has 0 unspecified atom stereocenters. The third kappa shape index (κ3) is 2.68. The van der Waals surface area contributed by atoms with Crippen molar-refractivity contribution in [1.82, 2.24) is 0 Å². The molecule has 5 heteroatoms. The van der Waals surface area contributed by atoms with Gasteiger partial charge in [0.2, 0.25) is 0 Å². The Kier molecular flexibility index (Phi) is 4.40. The van der Waals surface area contributed by atoms with E-state index in [0.29, 0.717) is 35.5 Å². The van der Waals surface area contributed by atoms with Gasteiger partial charge in [-0.2, -0.15) is 0 Å². The van der Waals surface area contributed by atoms with Crippen molar-refractivity contribution in [2.24, 2.45) is 41.4 Å². The van der Waals surface area contributed by atoms with Gasteiger partial charge >= 0.3 is 6.16 Å². The van der Waals surface area contributed by atoms with Gasteiger partial charge in [0.05, 0.1) is 12.7 Å². The van der Waals surface area contributed by atoms with Gasteiger partial charge in [-0.3, -0.25) is 0 Å². The van der Waals surface area contributed by atoms with Crippen LogP contribution in [0.3, 0.4) is 0 Å². The fraction of sp³-hybridized carbons (Fsp3) is 0.958. The third-order valence-electron chi connectivity index (χ3n) is 9.35. The molecule has 9 atom stereocenters. The lowest BCUT2D eigenvalue weighted by Crippen LogP contribution is -2.74. The van der Waals surface area contributed by atoms with E-state index in [-0.39, 0.29) is 12.0 Å². The Balaban J connectivity index is 1.70. The van der Waals surface area contributed by atoms with E-state index in [1.165, 1.54) is 12.8 Å². The predicted octanol–water partition coefficient (Wildman–Crippen LogP) is 5.17. The topological polar surface area (TPSA) is 54.0 Å². The number of fused-ring (bicyclic) bond motifs is 1. The number of ether oxygens (including phenoxy) is 4. The third-order valence-corrected chi connectivity index (χ3v) is 9.35. The minimum atomic E-state index is -0.595. The van der Waals surface area contributed by atoms with Crippen molar-refractivity contribution in [3.63, 3.8) is 0 Å². The molecule has 29 heavy (non-hydrogen) atoms. The Labute approximate surface area is 175 Å². The zero-order valence-corrected chi connectivity index (χ0v) is 18.9. The molecule has 2 saturated heterocycles. The first-order chi connectivity index (χ1) is 13.6. The fourth-order valence-corrected chi connectivity index (χ4v) is 8.07. The number of rotatable bonds is 1. The summed E-state index contributed by atoms with van der Waals surface area (Å²) in [6.45, 7) is 14.0. The lowest BCUT2D eigenvalue weighted by atomic mass is 9.44. The van der Waals surface area contributed by atoms with E-state index in [1.807, 2.05) is 13.8 Å². The van der Waals surface area contributed by atoms with Gasteiger partial charge in [-0.05, 0) is 70.1 Å². The van der Waals surface area contributed by atoms with Gasteiger partial charge in [0.1, 0.15) is 0 Å². The van der Waals surface area contributed by atoms with Crippen LogP contribution >= 0.6 is 0 Å². The van der Waals surface area contributed by atoms with E-state index in [9.17, 15) is 4.79 Å². The smallest absolute Gasteiger partial charge is 0.424 e. The standard InChI is InChI=1S/C24H38O5/c1-13(2)16-8-7-14(3)17-9-10-23(6)24(29-21(25)28-23)18(16)11-15-12-26-22(4,5)27-20(15)19(17)24/h13-20H,7-12H2,1-6H3/t14-,15+,16-,17+,18+,19+,20-,23-,24+/m1/s1. The van der Waals surface area contributed by atoms with Gasteiger partial charge in [0.15, 0.2) is 17.0 Å². The largest absolute Gasteiger partial charge is 0.509 e. The molecule has 0 amide bonds. The first-order valence-corrected chi connectivity index (χ1v) is 11.8. The van der Waals surface area contributed by atoms with Crippen molar-refractivity contribution in [2.45, 2.75) is 96.7 Å². The summed E-state index contributed by atoms with van der Waals surface area (Å²) >= 11 is 0. The summed E-state index contributed by atoms with van der Waals surface area (Å²) in [5.74, 6) is 2.39. The molecule has 0 radical (unpaired) electrons. The van der Waals surface area contributed by atoms with Crippen LogP contribution in [0.4, 0.5) is 4.79 Å². The Bertz CT molecular complexity index is 689. The zero-order valence-electron chi connectivity index (χ0n) is 18.9. The quantitative estimate of drug-likeness (QED) is 0.563. The van der Waals surface area contributed by atoms with Gasteiger partial charge < -0.3 is 18.9 Å². The molecule has 0 aromatic heterocycles. The average Bonchev–Trinajstić information content (AvgIpc) is 2.89. The van der Waals surface area contributed by atoms with Crippen molar-refractivity contribution in [1.29, 1.82) is 0 Å². The average molecular weight is 407 g/mol. The first kappa shape index (κ1) is 20.1. The van der Waals surface area contributed by atoms with E-state index >= 15 is 0 Å². The second-order valence-corrected chi connectivity index (χ2v) is 11.6. The second-order valence-electron chi connectivity index (χ2n) is 11.6. The van der Waals surface area contributed by atoms with Crippen molar-refractivity contribution in [3.8, 4) is 0 Å². The molecule has 5 nitrogen and oxygen atoms in total. The zero-order chi connectivity index (χ0) is 20.8. The SMILES string of the molecule is CC(C)[C@H]1CC[C@@H](C)[C@@H]2CC[C@@]3(C)OC(=O)O[C@@]34[C@@H]2[C@@H]2OC(C)(C)OC[C@@H]2C[C@@H]14. The Morgan fingerprint density at radius 3 is 2.55 bits per heavy atom. The van der Waals surface area contributed by atoms with Gasteiger partial charge in [-0.1, -0.05) is 27.2 Å². The highest BCUT2D eigenvalue weighted by molar-refractivity contribution is 5.65. The maximum atomic E-state index is 12.7. The van der Waals surface area contributed by atoms with Crippen LogP contribution in [0.1, 0.15) is 73.6 Å². The summed E-state index contributed by atoms with van der Waals surface area (Å²) in [4.78, 5) is 12.7. The highest BCUT2D eigenvalue weighted by atomic mass is 16.8. The van der Waals surface area contributed by atoms with Crippen LogP contribution in [0.2, 0.25) is 0 Å². The first-order valence-electron chi connectivity index (χ1n) is 11.8. The Hall–Kier alpha value is -0.810. The second kappa shape index (κ2) is 6.35. The molecule has 5 rings (SSSR count). The van der Waals surface area contributed by atoms with E-state index in [1.54, 1.807) is 0 Å². The van der Waals surface area contributed by atoms with E-state index in [2.05, 4.69) is 27.7 Å². The van der Waals surface area contributed by atoms with Crippen LogP contribution in [0, 0.1) is 41.4 Å². The number of carbonyl (C=O) groups excluding carboxylic acids is 1. The van der Waals surface area contributed by atoms with Crippen LogP contribution in [0.5, 0.6) is 0 Å². The van der Waals surface area contributed by atoms with Gasteiger partial charge in [-0.15, -0.1) is 0 Å². The molecule has 0 N–H and O–H groups in total. The lowest BCUT2D eigenvalue weighted by molar-refractivity contribution is -0.352. The summed E-state index contributed by atoms with van der Waals surface area (Å²) in [5, 5.41) is 0. The number of carbonyl (C=O) groups is 1. The molecule has 0 aromatic rings. The summed E-state index contributed by atoms with van der Waals surface area (Å²) in [7, 11) is 0. The molecule has 2 aliphatic heterocycles. The van der Waals surface area contributed by atoms with Gasteiger partial charge in [-0.25, -0.2) is 4.79 Å². The van der Waals surface area contributed by atoms with Crippen molar-refractivity contribution >= 4 is 6.16 Å². The Morgan fingerprint density at radius 2 is 1.83 bits per heavy atom. The van der Waals surface area contributed by atoms with Crippen LogP contribution in [-0.4, -0.2) is 35.9 Å². The maximum Gasteiger partial charge on any atom is 0.509 e. The molecule has 5 fully saturated rings. The van der Waals surface area contributed by atoms with E-state index < -0.39 is 23.1 Å². The van der Waals surface area contributed by atoms with Crippen molar-refractivity contribution in [2.75, 3.05) is 6.61 Å². The number of hydrogen-bond donors (Lipinski definition) is 0. The minimum absolute atomic E-state index is 0.0579. The molecule has 1 spiro atoms. The molecule has 0 aromatic carbocycles. The molecule has 164 valence electrons. The molecular formula is C24H38O5. The van der Waals surface area contributed by atoms with Gasteiger partial charge in [0, 0.05) is 17.8 Å². The summed E-state index contributed by atoms with van der Waals surface area (Å²) in [6, 6.07) is 0. The monoisotopic (exact) mass is 406 g/mol. The molecule has 2 heterocycles. The maximum absolute atomic E-state index is 12.7. The summed E-state index contributed by atoms with van der Waals surface area (Å²) in [6.07, 6.45) is 5.00. The van der Waals surface area contributed by atoms with E-state index in [0.717, 1.165) is 25.9 Å². The normalized spacial score (nSPS) is 53.2. The van der Waals surface area contributed by atoms with Crippen molar-refractivity contribution in [3.05, 3.63) is 0 Å². The molecule has 3 aliphatic carbocycles. The minimum Gasteiger partial charge on any atom is -0.424 e. The van der Waals surface area contributed by atoms with Crippen LogP contribution < -0.4 is 0 Å². The summed E-state index contributed by atoms with van der Waals surface area (Å²) < 4.78 is 25.2. The van der Waals surface area contributed by atoms with Crippen LogP contribution in [0.15, 0.2) is 0 Å². The fourth-order valence-electron chi connectivity index (χ4n) is 8.07. The molecular weight excluding hydrogens is 368 g/mol. The van der Waals surface area contributed by atoms with Crippen LogP contribution in [0.25, 0.3) is 0 Å². The highest BCUT2D eigenvalue weighted by Gasteiger charge is 2.76. The molecule has 3 saturated carbocycles. The predicted molar refractivity (Wildman–Crippen MR) is 108 cm³/mol. The van der Waals surface area contributed by atoms with Crippen molar-refractivity contribution < 1.29 is 23.7 Å². The van der Waals surface area contributed by atoms with Gasteiger partial charge in [0.25, 0.3) is 0 Å². The molecule has 4 bridgehead atoms. The lowest BCUT2D eigenvalue weighted by Gasteiger charge is -2.65. The Morgan fingerprint density at radius 1 is 1.07 bits per heavy atom. The summed E-state index contributed by atoms with van der Waals surface area (Å²) in [5.41, 5.74) is -1.14. The number of hydrogen-bond acceptors (Lipinski definition) is 5. The highest BCUT2D eigenvalue weighted by Crippen LogP contribution is 2.67.